The van der Waals surface area contributed by atoms with Crippen molar-refractivity contribution < 1.29 is 14.3 Å². The van der Waals surface area contributed by atoms with Crippen molar-refractivity contribution in [2.75, 3.05) is 21.3 Å². The molecule has 4 heteroatoms. The molecular formula is C25H25NO3. The number of ether oxygens (including phenoxy) is 2. The van der Waals surface area contributed by atoms with E-state index in [1.807, 2.05) is 79.8 Å². The van der Waals surface area contributed by atoms with Crippen molar-refractivity contribution in [2.45, 2.75) is 6.04 Å². The second-order valence-corrected chi connectivity index (χ2v) is 6.65. The van der Waals surface area contributed by atoms with E-state index in [2.05, 4.69) is 0 Å². The van der Waals surface area contributed by atoms with Gasteiger partial charge >= 0.3 is 0 Å². The van der Waals surface area contributed by atoms with Crippen LogP contribution in [-0.2, 0) is 4.79 Å². The summed E-state index contributed by atoms with van der Waals surface area (Å²) in [6.07, 6.45) is 3.35. The van der Waals surface area contributed by atoms with Crippen molar-refractivity contribution in [1.29, 1.82) is 0 Å². The summed E-state index contributed by atoms with van der Waals surface area (Å²) < 4.78 is 10.6. The molecule has 29 heavy (non-hydrogen) atoms. The molecule has 0 aliphatic carbocycles. The summed E-state index contributed by atoms with van der Waals surface area (Å²) in [5, 5.41) is 0. The van der Waals surface area contributed by atoms with Crippen LogP contribution in [0.4, 0.5) is 0 Å². The van der Waals surface area contributed by atoms with Gasteiger partial charge in [0.25, 0.3) is 0 Å². The molecule has 4 nitrogen and oxygen atoms in total. The highest BCUT2D eigenvalue weighted by atomic mass is 16.5. The molecule has 0 aromatic heterocycles. The molecule has 148 valence electrons. The maximum absolute atomic E-state index is 13.0. The normalized spacial score (nSPS) is 10.9. The lowest BCUT2D eigenvalue weighted by Crippen LogP contribution is -2.30. The van der Waals surface area contributed by atoms with Crippen LogP contribution in [0, 0.1) is 0 Å². The Kier molecular flexibility index (Phi) is 6.69. The van der Waals surface area contributed by atoms with Crippen LogP contribution in [0.3, 0.4) is 0 Å². The molecule has 0 aliphatic rings. The largest absolute Gasteiger partial charge is 0.497 e. The minimum Gasteiger partial charge on any atom is -0.497 e. The maximum atomic E-state index is 13.0. The standard InChI is InChI=1S/C25H25NO3/c1-26(24(27)15-14-19-16-22(28-2)18-23(17-19)29-3)25(20-10-6-4-7-11-20)21-12-8-5-9-13-21/h4-18,25H,1-3H3/b15-14+. The number of likely N-dealkylation sites (N-methyl/N-ethyl adjacent to an activating group) is 1. The molecule has 0 N–H and O–H groups in total. The van der Waals surface area contributed by atoms with Gasteiger partial charge in [0, 0.05) is 19.2 Å². The number of methoxy groups -OCH3 is 2. The molecule has 3 aromatic rings. The van der Waals surface area contributed by atoms with Gasteiger partial charge in [0.1, 0.15) is 11.5 Å². The summed E-state index contributed by atoms with van der Waals surface area (Å²) in [5.41, 5.74) is 2.95. The number of carbonyl (C=O) groups excluding carboxylic acids is 1. The summed E-state index contributed by atoms with van der Waals surface area (Å²) in [5.74, 6) is 1.26. The lowest BCUT2D eigenvalue weighted by atomic mass is 9.97. The third-order valence-corrected chi connectivity index (χ3v) is 4.76. The predicted molar refractivity (Wildman–Crippen MR) is 116 cm³/mol. The van der Waals surface area contributed by atoms with Crippen molar-refractivity contribution in [3.05, 3.63) is 102 Å². The van der Waals surface area contributed by atoms with Crippen LogP contribution < -0.4 is 9.47 Å². The summed E-state index contributed by atoms with van der Waals surface area (Å²) in [6, 6.07) is 25.4. The van der Waals surface area contributed by atoms with E-state index in [0.29, 0.717) is 11.5 Å². The number of benzene rings is 3. The number of nitrogens with zero attached hydrogens (tertiary/aromatic N) is 1. The van der Waals surface area contributed by atoms with E-state index in [9.17, 15) is 4.79 Å². The number of rotatable bonds is 7. The zero-order chi connectivity index (χ0) is 20.6. The fraction of sp³-hybridized carbons (Fsp3) is 0.160. The first-order valence-electron chi connectivity index (χ1n) is 9.40. The van der Waals surface area contributed by atoms with Gasteiger partial charge < -0.3 is 14.4 Å². The number of hydrogen-bond donors (Lipinski definition) is 0. The van der Waals surface area contributed by atoms with Crippen molar-refractivity contribution >= 4 is 12.0 Å². The molecule has 0 heterocycles. The second kappa shape index (κ2) is 9.60. The first-order valence-corrected chi connectivity index (χ1v) is 9.40. The number of hydrogen-bond acceptors (Lipinski definition) is 3. The van der Waals surface area contributed by atoms with Gasteiger partial charge in [-0.2, -0.15) is 0 Å². The third-order valence-electron chi connectivity index (χ3n) is 4.76. The Morgan fingerprint density at radius 1 is 0.828 bits per heavy atom. The SMILES string of the molecule is COc1cc(/C=C/C(=O)N(C)C(c2ccccc2)c2ccccc2)cc(OC)c1. The van der Waals surface area contributed by atoms with Crippen molar-refractivity contribution in [3.63, 3.8) is 0 Å². The monoisotopic (exact) mass is 387 g/mol. The summed E-state index contributed by atoms with van der Waals surface area (Å²) in [4.78, 5) is 14.7. The van der Waals surface area contributed by atoms with Crippen LogP contribution in [0.2, 0.25) is 0 Å². The summed E-state index contributed by atoms with van der Waals surface area (Å²) in [6.45, 7) is 0. The Hall–Kier alpha value is -3.53. The fourth-order valence-corrected chi connectivity index (χ4v) is 3.25. The van der Waals surface area contributed by atoms with Crippen LogP contribution in [-0.4, -0.2) is 32.1 Å². The van der Waals surface area contributed by atoms with Crippen LogP contribution in [0.25, 0.3) is 6.08 Å². The molecule has 0 saturated heterocycles. The Balaban J connectivity index is 1.88. The van der Waals surface area contributed by atoms with Crippen LogP contribution in [0.5, 0.6) is 11.5 Å². The van der Waals surface area contributed by atoms with Gasteiger partial charge in [-0.1, -0.05) is 60.7 Å². The quantitative estimate of drug-likeness (QED) is 0.538. The highest BCUT2D eigenvalue weighted by molar-refractivity contribution is 5.92. The molecule has 0 radical (unpaired) electrons. The van der Waals surface area contributed by atoms with E-state index in [1.165, 1.54) is 0 Å². The van der Waals surface area contributed by atoms with Gasteiger partial charge in [0.05, 0.1) is 20.3 Å². The predicted octanol–water partition coefficient (Wildman–Crippen LogP) is 4.97. The van der Waals surface area contributed by atoms with E-state index >= 15 is 0 Å². The minimum absolute atomic E-state index is 0.0931. The van der Waals surface area contributed by atoms with Gasteiger partial charge in [0.15, 0.2) is 0 Å². The molecule has 1 amide bonds. The molecule has 0 bridgehead atoms. The first-order chi connectivity index (χ1) is 14.1. The van der Waals surface area contributed by atoms with Gasteiger partial charge in [-0.15, -0.1) is 0 Å². The molecule has 0 saturated carbocycles. The van der Waals surface area contributed by atoms with Crippen LogP contribution >= 0.6 is 0 Å². The van der Waals surface area contributed by atoms with Crippen molar-refractivity contribution in [1.82, 2.24) is 4.90 Å². The fourth-order valence-electron chi connectivity index (χ4n) is 3.25. The smallest absolute Gasteiger partial charge is 0.247 e. The summed E-state index contributed by atoms with van der Waals surface area (Å²) >= 11 is 0. The topological polar surface area (TPSA) is 38.8 Å². The average molecular weight is 387 g/mol. The van der Waals surface area contributed by atoms with E-state index in [-0.39, 0.29) is 11.9 Å². The molecule has 3 rings (SSSR count). The number of carbonyl (C=O) groups is 1. The molecule has 0 unspecified atom stereocenters. The van der Waals surface area contributed by atoms with Gasteiger partial charge in [0.2, 0.25) is 5.91 Å². The molecule has 0 atom stereocenters. The Morgan fingerprint density at radius 2 is 1.31 bits per heavy atom. The highest BCUT2D eigenvalue weighted by Gasteiger charge is 2.21. The van der Waals surface area contributed by atoms with E-state index in [1.54, 1.807) is 37.3 Å². The summed E-state index contributed by atoms with van der Waals surface area (Å²) in [7, 11) is 5.03. The third kappa shape index (κ3) is 5.05. The Bertz CT molecular complexity index is 906. The lowest BCUT2D eigenvalue weighted by Gasteiger charge is -2.28. The van der Waals surface area contributed by atoms with Gasteiger partial charge in [-0.25, -0.2) is 0 Å². The maximum Gasteiger partial charge on any atom is 0.247 e. The second-order valence-electron chi connectivity index (χ2n) is 6.65. The molecule has 3 aromatic carbocycles. The van der Waals surface area contributed by atoms with Gasteiger partial charge in [-0.05, 0) is 34.9 Å². The molecule has 0 aliphatic heterocycles. The van der Waals surface area contributed by atoms with Gasteiger partial charge in [-0.3, -0.25) is 4.79 Å². The Labute approximate surface area is 172 Å². The first kappa shape index (κ1) is 20.2. The highest BCUT2D eigenvalue weighted by Crippen LogP contribution is 2.28. The zero-order valence-corrected chi connectivity index (χ0v) is 16.9. The van der Waals surface area contributed by atoms with E-state index < -0.39 is 0 Å². The van der Waals surface area contributed by atoms with E-state index in [0.717, 1.165) is 16.7 Å². The van der Waals surface area contributed by atoms with Crippen molar-refractivity contribution in [2.24, 2.45) is 0 Å². The lowest BCUT2D eigenvalue weighted by molar-refractivity contribution is -0.126. The van der Waals surface area contributed by atoms with Crippen LogP contribution in [0.1, 0.15) is 22.7 Å². The molecular weight excluding hydrogens is 362 g/mol. The van der Waals surface area contributed by atoms with Crippen LogP contribution in [0.15, 0.2) is 84.9 Å². The minimum atomic E-state index is -0.172. The molecule has 0 fully saturated rings. The number of amides is 1. The van der Waals surface area contributed by atoms with Crippen molar-refractivity contribution in [3.8, 4) is 11.5 Å². The Morgan fingerprint density at radius 3 is 1.76 bits per heavy atom. The average Bonchev–Trinajstić information content (AvgIpc) is 2.78. The zero-order valence-electron chi connectivity index (χ0n) is 16.9. The van der Waals surface area contributed by atoms with E-state index in [4.69, 9.17) is 9.47 Å². The molecule has 0 spiro atoms.